The van der Waals surface area contributed by atoms with Gasteiger partial charge in [0.05, 0.1) is 5.38 Å². The first-order valence-electron chi connectivity index (χ1n) is 4.67. The van der Waals surface area contributed by atoms with Crippen molar-refractivity contribution in [2.75, 3.05) is 0 Å². The molecule has 78 valence electrons. The third kappa shape index (κ3) is 2.75. The molecule has 0 saturated carbocycles. The molecule has 1 unspecified atom stereocenters. The Balaban J connectivity index is 2.15. The number of hydrogen-bond donors (Lipinski definition) is 0. The van der Waals surface area contributed by atoms with Crippen molar-refractivity contribution in [3.63, 3.8) is 0 Å². The second-order valence-electron chi connectivity index (χ2n) is 3.32. The summed E-state index contributed by atoms with van der Waals surface area (Å²) in [5.41, 5.74) is 2.27. The van der Waals surface area contributed by atoms with Gasteiger partial charge in [-0.05, 0) is 40.4 Å². The van der Waals surface area contributed by atoms with Gasteiger partial charge in [0.2, 0.25) is 0 Å². The zero-order valence-electron chi connectivity index (χ0n) is 7.99. The van der Waals surface area contributed by atoms with Crippen molar-refractivity contribution in [1.29, 1.82) is 0 Å². The number of thiophene rings is 1. The Morgan fingerprint density at radius 2 is 2.00 bits per heavy atom. The highest BCUT2D eigenvalue weighted by atomic mass is 35.5. The molecule has 1 aromatic heterocycles. The van der Waals surface area contributed by atoms with E-state index in [0.29, 0.717) is 0 Å². The molecule has 0 aliphatic rings. The summed E-state index contributed by atoms with van der Waals surface area (Å²) in [5, 5.41) is 4.87. The molecular weight excluding hydrogens is 247 g/mol. The lowest BCUT2D eigenvalue weighted by Crippen LogP contribution is -1.95. The van der Waals surface area contributed by atoms with Gasteiger partial charge in [0, 0.05) is 5.02 Å². The monoisotopic (exact) mass is 256 g/mol. The van der Waals surface area contributed by atoms with Crippen LogP contribution < -0.4 is 0 Å². The van der Waals surface area contributed by atoms with E-state index in [0.717, 1.165) is 17.0 Å². The van der Waals surface area contributed by atoms with Crippen LogP contribution in [0.25, 0.3) is 0 Å². The van der Waals surface area contributed by atoms with Gasteiger partial charge in [-0.2, -0.15) is 11.3 Å². The minimum Gasteiger partial charge on any atom is -0.152 e. The lowest BCUT2D eigenvalue weighted by Gasteiger charge is -2.10. The van der Waals surface area contributed by atoms with E-state index in [4.69, 9.17) is 23.2 Å². The molecule has 1 heterocycles. The number of halogens is 2. The first-order chi connectivity index (χ1) is 7.27. The van der Waals surface area contributed by atoms with Crippen molar-refractivity contribution in [1.82, 2.24) is 0 Å². The molecule has 0 spiro atoms. The van der Waals surface area contributed by atoms with Crippen molar-refractivity contribution >= 4 is 34.5 Å². The minimum atomic E-state index is -0.0479. The van der Waals surface area contributed by atoms with E-state index >= 15 is 0 Å². The Labute approximate surface area is 103 Å². The van der Waals surface area contributed by atoms with Crippen LogP contribution in [0.4, 0.5) is 0 Å². The van der Waals surface area contributed by atoms with Crippen molar-refractivity contribution < 1.29 is 0 Å². The predicted octanol–water partition coefficient (Wildman–Crippen LogP) is 4.92. The molecule has 0 saturated heterocycles. The summed E-state index contributed by atoms with van der Waals surface area (Å²) in [7, 11) is 0. The quantitative estimate of drug-likeness (QED) is 0.684. The molecule has 0 radical (unpaired) electrons. The summed E-state index contributed by atoms with van der Waals surface area (Å²) < 4.78 is 0. The summed E-state index contributed by atoms with van der Waals surface area (Å²) >= 11 is 14.1. The highest BCUT2D eigenvalue weighted by molar-refractivity contribution is 7.07. The Bertz CT molecular complexity index is 423. The highest BCUT2D eigenvalue weighted by Gasteiger charge is 2.11. The third-order valence-electron chi connectivity index (χ3n) is 2.24. The zero-order chi connectivity index (χ0) is 10.7. The first-order valence-corrected chi connectivity index (χ1v) is 6.42. The fourth-order valence-electron chi connectivity index (χ4n) is 1.45. The molecule has 15 heavy (non-hydrogen) atoms. The summed E-state index contributed by atoms with van der Waals surface area (Å²) in [6.07, 6.45) is 0.828. The van der Waals surface area contributed by atoms with Crippen molar-refractivity contribution in [2.24, 2.45) is 0 Å². The van der Waals surface area contributed by atoms with Gasteiger partial charge >= 0.3 is 0 Å². The summed E-state index contributed by atoms with van der Waals surface area (Å²) in [6.45, 7) is 0. The van der Waals surface area contributed by atoms with E-state index in [1.165, 1.54) is 5.56 Å². The molecule has 0 fully saturated rings. The molecule has 0 bridgehead atoms. The Hall–Kier alpha value is -0.500. The lowest BCUT2D eigenvalue weighted by atomic mass is 10.1. The molecular formula is C12H10Cl2S. The number of alkyl halides is 1. The third-order valence-corrected chi connectivity index (χ3v) is 3.70. The van der Waals surface area contributed by atoms with Crippen LogP contribution in [0.5, 0.6) is 0 Å². The van der Waals surface area contributed by atoms with Gasteiger partial charge in [-0.1, -0.05) is 29.8 Å². The molecule has 0 N–H and O–H groups in total. The number of rotatable bonds is 3. The average Bonchev–Trinajstić information content (AvgIpc) is 2.71. The lowest BCUT2D eigenvalue weighted by molar-refractivity contribution is 0.925. The number of benzene rings is 1. The van der Waals surface area contributed by atoms with Crippen LogP contribution in [0.3, 0.4) is 0 Å². The molecule has 0 aliphatic carbocycles. The SMILES string of the molecule is Clc1ccccc1C(Cl)Cc1ccsc1. The van der Waals surface area contributed by atoms with Gasteiger partial charge in [-0.25, -0.2) is 0 Å². The molecule has 1 atom stereocenters. The fraction of sp³-hybridized carbons (Fsp3) is 0.167. The highest BCUT2D eigenvalue weighted by Crippen LogP contribution is 2.30. The van der Waals surface area contributed by atoms with Crippen LogP contribution in [-0.2, 0) is 6.42 Å². The molecule has 0 aliphatic heterocycles. The Kier molecular flexibility index (Phi) is 3.68. The molecule has 3 heteroatoms. The molecule has 2 aromatic rings. The van der Waals surface area contributed by atoms with Crippen LogP contribution in [0.1, 0.15) is 16.5 Å². The minimum absolute atomic E-state index is 0.0479. The summed E-state index contributed by atoms with van der Waals surface area (Å²) in [5.74, 6) is 0. The Morgan fingerprint density at radius 1 is 1.20 bits per heavy atom. The smallest absolute Gasteiger partial charge is 0.0640 e. The zero-order valence-corrected chi connectivity index (χ0v) is 10.3. The summed E-state index contributed by atoms with van der Waals surface area (Å²) in [4.78, 5) is 0. The predicted molar refractivity (Wildman–Crippen MR) is 68.1 cm³/mol. The number of hydrogen-bond acceptors (Lipinski definition) is 1. The van der Waals surface area contributed by atoms with E-state index < -0.39 is 0 Å². The normalized spacial score (nSPS) is 12.7. The molecule has 0 amide bonds. The van der Waals surface area contributed by atoms with Gasteiger partial charge in [-0.3, -0.25) is 0 Å². The molecule has 2 rings (SSSR count). The van der Waals surface area contributed by atoms with Crippen molar-refractivity contribution in [3.05, 3.63) is 57.2 Å². The van der Waals surface area contributed by atoms with E-state index in [2.05, 4.69) is 16.8 Å². The second-order valence-corrected chi connectivity index (χ2v) is 5.04. The maximum atomic E-state index is 6.32. The van der Waals surface area contributed by atoms with Gasteiger partial charge in [0.15, 0.2) is 0 Å². The maximum Gasteiger partial charge on any atom is 0.0640 e. The average molecular weight is 257 g/mol. The summed E-state index contributed by atoms with van der Waals surface area (Å²) in [6, 6.07) is 9.83. The van der Waals surface area contributed by atoms with E-state index in [-0.39, 0.29) is 5.38 Å². The van der Waals surface area contributed by atoms with Crippen molar-refractivity contribution in [3.8, 4) is 0 Å². The largest absolute Gasteiger partial charge is 0.152 e. The van der Waals surface area contributed by atoms with Crippen LogP contribution in [-0.4, -0.2) is 0 Å². The van der Waals surface area contributed by atoms with E-state index in [1.54, 1.807) is 11.3 Å². The van der Waals surface area contributed by atoms with Crippen LogP contribution in [0, 0.1) is 0 Å². The fourth-order valence-corrected chi connectivity index (χ4v) is 2.83. The molecule has 1 aromatic carbocycles. The second kappa shape index (κ2) is 5.02. The molecule has 0 nitrogen and oxygen atoms in total. The van der Waals surface area contributed by atoms with Gasteiger partial charge in [0.1, 0.15) is 0 Å². The van der Waals surface area contributed by atoms with Crippen LogP contribution in [0.15, 0.2) is 41.1 Å². The standard InChI is InChI=1S/C12H10Cl2S/c13-11-4-2-1-3-10(11)12(14)7-9-5-6-15-8-9/h1-6,8,12H,7H2. The van der Waals surface area contributed by atoms with Crippen molar-refractivity contribution in [2.45, 2.75) is 11.8 Å². The maximum absolute atomic E-state index is 6.32. The van der Waals surface area contributed by atoms with Crippen LogP contribution in [0.2, 0.25) is 5.02 Å². The first kappa shape index (κ1) is 11.0. The van der Waals surface area contributed by atoms with Gasteiger partial charge in [0.25, 0.3) is 0 Å². The van der Waals surface area contributed by atoms with E-state index in [1.807, 2.05) is 24.3 Å². The van der Waals surface area contributed by atoms with Gasteiger partial charge in [-0.15, -0.1) is 11.6 Å². The topological polar surface area (TPSA) is 0 Å². The van der Waals surface area contributed by atoms with Gasteiger partial charge < -0.3 is 0 Å². The van der Waals surface area contributed by atoms with Crippen LogP contribution >= 0.6 is 34.5 Å². The van der Waals surface area contributed by atoms with E-state index in [9.17, 15) is 0 Å². The Morgan fingerprint density at radius 3 is 2.67 bits per heavy atom.